The number of nitrogens with zero attached hydrogens (tertiary/aromatic N) is 5. The minimum Gasteiger partial charge on any atom is -0.305 e. The highest BCUT2D eigenvalue weighted by atomic mass is 16.1. The summed E-state index contributed by atoms with van der Waals surface area (Å²) in [5, 5.41) is 2.32. The second-order valence-corrected chi connectivity index (χ2v) is 15.6. The summed E-state index contributed by atoms with van der Waals surface area (Å²) in [4.78, 5) is 26.5. The number of fused-ring (bicyclic) bond motifs is 1. The number of hydrogen-bond acceptors (Lipinski definition) is 6. The van der Waals surface area contributed by atoms with Crippen LogP contribution in [0.4, 0.5) is 0 Å². The van der Waals surface area contributed by atoms with Gasteiger partial charge in [-0.1, -0.05) is 73.0 Å². The van der Waals surface area contributed by atoms with Crippen molar-refractivity contribution in [1.82, 2.24) is 24.5 Å². The summed E-state index contributed by atoms with van der Waals surface area (Å²) in [6.45, 7) is 11.4. The van der Waals surface area contributed by atoms with Crippen molar-refractivity contribution in [2.45, 2.75) is 95.9 Å². The number of piperazine rings is 1. The first-order valence-corrected chi connectivity index (χ1v) is 18.6. The van der Waals surface area contributed by atoms with Crippen molar-refractivity contribution in [3.63, 3.8) is 0 Å². The minimum atomic E-state index is 0.229. The molecule has 2 unspecified atom stereocenters. The molecule has 2 fully saturated rings. The molecular formula is C42H63N5O. The van der Waals surface area contributed by atoms with Gasteiger partial charge in [0.25, 0.3) is 0 Å². The van der Waals surface area contributed by atoms with E-state index in [1.54, 1.807) is 0 Å². The molecule has 6 nitrogen and oxygen atoms in total. The number of benzene rings is 3. The average molecular weight is 654 g/mol. The first-order valence-electron chi connectivity index (χ1n) is 18.6. The molecule has 0 spiro atoms. The van der Waals surface area contributed by atoms with Crippen LogP contribution < -0.4 is 0 Å². The third-order valence-electron chi connectivity index (χ3n) is 11.6. The third-order valence-corrected chi connectivity index (χ3v) is 11.6. The smallest absolute Gasteiger partial charge is 0.176 e. The van der Waals surface area contributed by atoms with Gasteiger partial charge in [-0.2, -0.15) is 0 Å². The normalized spacial score (nSPS) is 23.4. The number of ketones is 1. The molecule has 1 saturated heterocycles. The van der Waals surface area contributed by atoms with Gasteiger partial charge in [-0.25, -0.2) is 0 Å². The largest absolute Gasteiger partial charge is 0.305 e. The molecule has 5 atom stereocenters. The maximum absolute atomic E-state index is 13.7. The molecule has 1 aliphatic heterocycles. The number of carbonyl (C=O) groups is 1. The molecule has 3 aromatic carbocycles. The molecule has 2 aliphatic rings. The molecule has 0 N–H and O–H groups in total. The Labute approximate surface area is 292 Å². The van der Waals surface area contributed by atoms with Crippen molar-refractivity contribution in [3.05, 3.63) is 82.9 Å². The van der Waals surface area contributed by atoms with Crippen molar-refractivity contribution in [2.24, 2.45) is 0 Å². The van der Waals surface area contributed by atoms with E-state index in [2.05, 4.69) is 135 Å². The molecule has 0 radical (unpaired) electrons. The van der Waals surface area contributed by atoms with E-state index in [9.17, 15) is 4.79 Å². The van der Waals surface area contributed by atoms with E-state index in [-0.39, 0.29) is 5.78 Å². The topological polar surface area (TPSA) is 33.3 Å². The molecule has 1 heterocycles. The van der Waals surface area contributed by atoms with E-state index < -0.39 is 0 Å². The van der Waals surface area contributed by atoms with Crippen molar-refractivity contribution < 1.29 is 4.79 Å². The van der Waals surface area contributed by atoms with Crippen LogP contribution in [0.3, 0.4) is 0 Å². The van der Waals surface area contributed by atoms with Crippen LogP contribution in [0.5, 0.6) is 0 Å². The molecule has 0 amide bonds. The summed E-state index contributed by atoms with van der Waals surface area (Å²) < 4.78 is 0. The van der Waals surface area contributed by atoms with Crippen molar-refractivity contribution in [3.8, 4) is 0 Å². The highest BCUT2D eigenvalue weighted by Gasteiger charge is 2.35. The average Bonchev–Trinajstić information content (AvgIpc) is 3.06. The lowest BCUT2D eigenvalue weighted by molar-refractivity contribution is 0.0158. The Morgan fingerprint density at radius 1 is 0.854 bits per heavy atom. The summed E-state index contributed by atoms with van der Waals surface area (Å²) >= 11 is 0. The molecule has 0 aromatic heterocycles. The quantitative estimate of drug-likeness (QED) is 0.179. The van der Waals surface area contributed by atoms with E-state index in [0.29, 0.717) is 36.8 Å². The zero-order chi connectivity index (χ0) is 34.4. The Morgan fingerprint density at radius 2 is 1.58 bits per heavy atom. The number of likely N-dealkylation sites (N-methyl/N-ethyl adjacent to an activating group) is 3. The number of aryl methyl sites for hydroxylation is 2. The molecule has 6 heteroatoms. The molecule has 48 heavy (non-hydrogen) atoms. The van der Waals surface area contributed by atoms with Crippen LogP contribution in [-0.4, -0.2) is 128 Å². The fourth-order valence-electron chi connectivity index (χ4n) is 8.49. The van der Waals surface area contributed by atoms with Gasteiger partial charge in [0.1, 0.15) is 0 Å². The number of rotatable bonds is 14. The second-order valence-electron chi connectivity index (χ2n) is 15.6. The Morgan fingerprint density at radius 3 is 2.29 bits per heavy atom. The van der Waals surface area contributed by atoms with Gasteiger partial charge >= 0.3 is 0 Å². The maximum atomic E-state index is 13.7. The van der Waals surface area contributed by atoms with Gasteiger partial charge in [-0.05, 0) is 123 Å². The van der Waals surface area contributed by atoms with Crippen molar-refractivity contribution >= 4 is 16.6 Å². The summed E-state index contributed by atoms with van der Waals surface area (Å²) in [6.07, 6.45) is 8.70. The molecule has 1 aliphatic carbocycles. The lowest BCUT2D eigenvalue weighted by Gasteiger charge is -2.47. The number of hydrogen-bond donors (Lipinski definition) is 0. The predicted molar refractivity (Wildman–Crippen MR) is 203 cm³/mol. The zero-order valence-corrected chi connectivity index (χ0v) is 31.3. The van der Waals surface area contributed by atoms with E-state index >= 15 is 0 Å². The molecule has 5 rings (SSSR count). The predicted octanol–water partition coefficient (Wildman–Crippen LogP) is 6.77. The van der Waals surface area contributed by atoms with Crippen LogP contribution in [-0.2, 0) is 6.42 Å². The van der Waals surface area contributed by atoms with Gasteiger partial charge in [0.2, 0.25) is 0 Å². The van der Waals surface area contributed by atoms with Gasteiger partial charge in [0.05, 0.1) is 6.54 Å². The van der Waals surface area contributed by atoms with Gasteiger partial charge in [0, 0.05) is 55.4 Å². The van der Waals surface area contributed by atoms with Gasteiger partial charge < -0.3 is 14.7 Å². The van der Waals surface area contributed by atoms with E-state index in [4.69, 9.17) is 0 Å². The molecule has 0 bridgehead atoms. The first kappa shape index (κ1) is 36.7. The molecule has 3 aromatic rings. The fraction of sp³-hybridized carbons (Fsp3) is 0.595. The number of Topliss-reactive ketones (excluding diaryl/α,β-unsaturated/α-hetero) is 1. The highest BCUT2D eigenvalue weighted by Crippen LogP contribution is 2.27. The molecule has 1 saturated carbocycles. The third kappa shape index (κ3) is 9.34. The van der Waals surface area contributed by atoms with E-state index in [1.165, 1.54) is 54.2 Å². The summed E-state index contributed by atoms with van der Waals surface area (Å²) in [5.74, 6) is 0.229. The summed E-state index contributed by atoms with van der Waals surface area (Å²) in [6, 6.07) is 23.9. The SMILES string of the molecule is Cc1ccc(C[C@H](CN2C[C@@H](C)N(CC(=O)c3ccc4ccccc4c3)CC2CCCN(C)[C@@H]2CCCCC2N(C)C)N(C)C)c(C)c1. The first-order chi connectivity index (χ1) is 23.0. The Bertz CT molecular complexity index is 1490. The Balaban J connectivity index is 1.29. The van der Waals surface area contributed by atoms with Gasteiger partial charge in [-0.3, -0.25) is 14.6 Å². The van der Waals surface area contributed by atoms with E-state index in [1.807, 2.05) is 6.07 Å². The maximum Gasteiger partial charge on any atom is 0.176 e. The standard InChI is InChI=1S/C42H63N5O/c1-31-19-20-35(32(2)24-31)26-39(43(4)5)29-47-27-33(3)46(30-42(48)37-22-21-34-14-9-10-15-36(34)25-37)28-38(47)16-13-23-45(8)41-18-12-11-17-40(41)44(6)7/h9-10,14-15,19-22,24-25,33,38-41H,11-13,16-18,23,26-30H2,1-8H3/t33-,38?,39-,40?,41-/m1/s1. The molecule has 262 valence electrons. The van der Waals surface area contributed by atoms with Crippen LogP contribution >= 0.6 is 0 Å². The minimum absolute atomic E-state index is 0.229. The van der Waals surface area contributed by atoms with Crippen LogP contribution in [0, 0.1) is 13.8 Å². The fourth-order valence-corrected chi connectivity index (χ4v) is 8.49. The lowest BCUT2D eigenvalue weighted by Crippen LogP contribution is -2.60. The summed E-state index contributed by atoms with van der Waals surface area (Å²) in [7, 11) is 11.3. The Hall–Kier alpha value is -2.61. The second kappa shape index (κ2) is 16.9. The van der Waals surface area contributed by atoms with E-state index in [0.717, 1.165) is 50.0 Å². The van der Waals surface area contributed by atoms with Gasteiger partial charge in [0.15, 0.2) is 5.78 Å². The monoisotopic (exact) mass is 654 g/mol. The lowest BCUT2D eigenvalue weighted by atomic mass is 9.88. The Kier molecular flexibility index (Phi) is 12.9. The number of carbonyl (C=O) groups excluding carboxylic acids is 1. The van der Waals surface area contributed by atoms with Crippen LogP contribution in [0.2, 0.25) is 0 Å². The van der Waals surface area contributed by atoms with Gasteiger partial charge in [-0.15, -0.1) is 0 Å². The van der Waals surface area contributed by atoms with Crippen molar-refractivity contribution in [2.75, 3.05) is 68.0 Å². The van der Waals surface area contributed by atoms with Crippen LogP contribution in [0.15, 0.2) is 60.7 Å². The molecular weight excluding hydrogens is 590 g/mol. The highest BCUT2D eigenvalue weighted by molar-refractivity contribution is 6.01. The summed E-state index contributed by atoms with van der Waals surface area (Å²) in [5.41, 5.74) is 5.00. The zero-order valence-electron chi connectivity index (χ0n) is 31.3. The van der Waals surface area contributed by atoms with Crippen LogP contribution in [0.1, 0.15) is 72.5 Å². The van der Waals surface area contributed by atoms with Crippen LogP contribution in [0.25, 0.3) is 10.8 Å². The van der Waals surface area contributed by atoms with Crippen molar-refractivity contribution in [1.29, 1.82) is 0 Å².